The Balaban J connectivity index is 0.00000192. The average molecular weight is 397 g/mol. The zero-order chi connectivity index (χ0) is 15.5. The van der Waals surface area contributed by atoms with Crippen LogP contribution in [0.4, 0.5) is 0 Å². The van der Waals surface area contributed by atoms with E-state index in [1.807, 2.05) is 48.4 Å². The number of benzene rings is 1. The first-order valence-electron chi connectivity index (χ1n) is 7.35. The highest BCUT2D eigenvalue weighted by Gasteiger charge is 2.29. The van der Waals surface area contributed by atoms with Crippen LogP contribution < -0.4 is 5.32 Å². The summed E-state index contributed by atoms with van der Waals surface area (Å²) in [5.74, 6) is 0.0779. The fourth-order valence-electron chi connectivity index (χ4n) is 2.81. The van der Waals surface area contributed by atoms with Gasteiger partial charge in [-0.2, -0.15) is 0 Å². The van der Waals surface area contributed by atoms with Gasteiger partial charge in [-0.3, -0.25) is 9.78 Å². The summed E-state index contributed by atoms with van der Waals surface area (Å²) in [4.78, 5) is 19.1. The topological polar surface area (TPSA) is 45.2 Å². The Labute approximate surface area is 150 Å². The first-order valence-corrected chi connectivity index (χ1v) is 8.14. The molecule has 4 nitrogen and oxygen atoms in total. The lowest BCUT2D eigenvalue weighted by molar-refractivity contribution is 0.0633. The Hall–Kier alpha value is -1.43. The summed E-state index contributed by atoms with van der Waals surface area (Å²) in [5, 5.41) is 3.36. The molecule has 1 atom stereocenters. The van der Waals surface area contributed by atoms with Gasteiger partial charge in [0.25, 0.3) is 5.91 Å². The Morgan fingerprint density at radius 1 is 1.35 bits per heavy atom. The van der Waals surface area contributed by atoms with Crippen molar-refractivity contribution in [2.75, 3.05) is 19.6 Å². The third-order valence-corrected chi connectivity index (χ3v) is 4.93. The number of nitrogens with one attached hydrogen (secondary N) is 1. The lowest BCUT2D eigenvalue weighted by atomic mass is 10.0. The summed E-state index contributed by atoms with van der Waals surface area (Å²) >= 11 is 3.51. The number of piperazine rings is 1. The molecule has 1 unspecified atom stereocenters. The monoisotopic (exact) mass is 395 g/mol. The molecular formula is C17H19BrClN3O. The molecule has 1 aromatic carbocycles. The van der Waals surface area contributed by atoms with Crippen molar-refractivity contribution in [1.82, 2.24) is 15.2 Å². The van der Waals surface area contributed by atoms with E-state index in [0.717, 1.165) is 34.3 Å². The Bertz CT molecular complexity index is 681. The van der Waals surface area contributed by atoms with Crippen LogP contribution in [-0.4, -0.2) is 35.4 Å². The Morgan fingerprint density at radius 3 is 2.91 bits per heavy atom. The highest BCUT2D eigenvalue weighted by molar-refractivity contribution is 9.10. The van der Waals surface area contributed by atoms with E-state index in [0.29, 0.717) is 6.54 Å². The third-order valence-electron chi connectivity index (χ3n) is 4.07. The summed E-state index contributed by atoms with van der Waals surface area (Å²) in [6.45, 7) is 4.24. The van der Waals surface area contributed by atoms with Gasteiger partial charge in [-0.1, -0.05) is 28.1 Å². The van der Waals surface area contributed by atoms with E-state index in [2.05, 4.69) is 26.2 Å². The molecule has 2 heterocycles. The van der Waals surface area contributed by atoms with Crippen molar-refractivity contribution >= 4 is 34.2 Å². The van der Waals surface area contributed by atoms with E-state index < -0.39 is 0 Å². The van der Waals surface area contributed by atoms with Gasteiger partial charge >= 0.3 is 0 Å². The number of carbonyl (C=O) groups excluding carboxylic acids is 1. The second-order valence-electron chi connectivity index (χ2n) is 5.42. The van der Waals surface area contributed by atoms with Gasteiger partial charge in [0.05, 0.1) is 6.04 Å². The smallest absolute Gasteiger partial charge is 0.254 e. The average Bonchev–Trinajstić information content (AvgIpc) is 2.57. The second kappa shape index (κ2) is 7.90. The molecular weight excluding hydrogens is 378 g/mol. The number of amides is 1. The van der Waals surface area contributed by atoms with Crippen molar-refractivity contribution in [2.24, 2.45) is 0 Å². The van der Waals surface area contributed by atoms with Crippen molar-refractivity contribution in [1.29, 1.82) is 0 Å². The Kier molecular flexibility index (Phi) is 6.16. The number of halogens is 2. The van der Waals surface area contributed by atoms with E-state index in [1.165, 1.54) is 0 Å². The molecule has 1 amide bonds. The summed E-state index contributed by atoms with van der Waals surface area (Å²) in [6, 6.07) is 9.72. The van der Waals surface area contributed by atoms with Crippen LogP contribution in [0.25, 0.3) is 0 Å². The standard InChI is InChI=1S/C17H18BrN3O.ClH/c1-12-14(5-2-6-15(12)18)17(22)21-9-8-20-11-16(21)13-4-3-7-19-10-13;/h2-7,10,16,20H,8-9,11H2,1H3;1H. The van der Waals surface area contributed by atoms with E-state index in [4.69, 9.17) is 0 Å². The second-order valence-corrected chi connectivity index (χ2v) is 6.27. The fraction of sp³-hybridized carbons (Fsp3) is 0.294. The first kappa shape index (κ1) is 17.9. The van der Waals surface area contributed by atoms with Crippen LogP contribution >= 0.6 is 28.3 Å². The normalized spacial score (nSPS) is 17.5. The number of nitrogens with zero attached hydrogens (tertiary/aromatic N) is 2. The van der Waals surface area contributed by atoms with Crippen LogP contribution in [0.2, 0.25) is 0 Å². The highest BCUT2D eigenvalue weighted by Crippen LogP contribution is 2.26. The van der Waals surface area contributed by atoms with Gasteiger partial charge in [0.15, 0.2) is 0 Å². The summed E-state index contributed by atoms with van der Waals surface area (Å²) in [7, 11) is 0. The van der Waals surface area contributed by atoms with Gasteiger partial charge < -0.3 is 10.2 Å². The minimum atomic E-state index is 0. The molecule has 3 rings (SSSR count). The molecule has 1 aromatic heterocycles. The highest BCUT2D eigenvalue weighted by atomic mass is 79.9. The largest absolute Gasteiger partial charge is 0.329 e. The number of aromatic nitrogens is 1. The van der Waals surface area contributed by atoms with Gasteiger partial charge in [-0.05, 0) is 36.2 Å². The van der Waals surface area contributed by atoms with Gasteiger partial charge in [0, 0.05) is 42.1 Å². The molecule has 0 bridgehead atoms. The van der Waals surface area contributed by atoms with Crippen molar-refractivity contribution < 1.29 is 4.79 Å². The van der Waals surface area contributed by atoms with Gasteiger partial charge in [0.2, 0.25) is 0 Å². The Morgan fingerprint density at radius 2 is 2.17 bits per heavy atom. The molecule has 0 saturated carbocycles. The van der Waals surface area contributed by atoms with Gasteiger partial charge in [-0.25, -0.2) is 0 Å². The maximum absolute atomic E-state index is 13.0. The molecule has 1 aliphatic heterocycles. The van der Waals surface area contributed by atoms with Crippen molar-refractivity contribution in [3.8, 4) is 0 Å². The number of hydrogen-bond acceptors (Lipinski definition) is 3. The number of carbonyl (C=O) groups is 1. The molecule has 0 aliphatic carbocycles. The molecule has 0 radical (unpaired) electrons. The molecule has 1 N–H and O–H groups in total. The van der Waals surface area contributed by atoms with Crippen molar-refractivity contribution in [3.05, 3.63) is 63.9 Å². The van der Waals surface area contributed by atoms with Crippen molar-refractivity contribution in [3.63, 3.8) is 0 Å². The summed E-state index contributed by atoms with van der Waals surface area (Å²) in [5.41, 5.74) is 2.80. The van der Waals surface area contributed by atoms with E-state index >= 15 is 0 Å². The molecule has 2 aromatic rings. The van der Waals surface area contributed by atoms with Crippen LogP contribution in [0.3, 0.4) is 0 Å². The predicted molar refractivity (Wildman–Crippen MR) is 97.0 cm³/mol. The molecule has 0 spiro atoms. The molecule has 23 heavy (non-hydrogen) atoms. The zero-order valence-corrected chi connectivity index (χ0v) is 15.2. The van der Waals surface area contributed by atoms with Gasteiger partial charge in [-0.15, -0.1) is 12.4 Å². The molecule has 6 heteroatoms. The predicted octanol–water partition coefficient (Wildman–Crippen LogP) is 3.36. The van der Waals surface area contributed by atoms with Crippen LogP contribution in [0.5, 0.6) is 0 Å². The molecule has 122 valence electrons. The number of pyridine rings is 1. The first-order chi connectivity index (χ1) is 10.7. The lowest BCUT2D eigenvalue weighted by Crippen LogP contribution is -2.48. The van der Waals surface area contributed by atoms with E-state index in [-0.39, 0.29) is 24.4 Å². The maximum atomic E-state index is 13.0. The SMILES string of the molecule is Cc1c(Br)cccc1C(=O)N1CCNCC1c1cccnc1.Cl. The minimum Gasteiger partial charge on any atom is -0.329 e. The molecule has 1 fully saturated rings. The van der Waals surface area contributed by atoms with E-state index in [1.54, 1.807) is 6.20 Å². The maximum Gasteiger partial charge on any atom is 0.254 e. The van der Waals surface area contributed by atoms with Crippen LogP contribution in [0, 0.1) is 6.92 Å². The number of rotatable bonds is 2. The molecule has 1 aliphatic rings. The van der Waals surface area contributed by atoms with E-state index in [9.17, 15) is 4.79 Å². The minimum absolute atomic E-state index is 0. The van der Waals surface area contributed by atoms with Crippen LogP contribution in [0.15, 0.2) is 47.2 Å². The van der Waals surface area contributed by atoms with Gasteiger partial charge in [0.1, 0.15) is 0 Å². The summed E-state index contributed by atoms with van der Waals surface area (Å²) in [6.07, 6.45) is 3.59. The fourth-order valence-corrected chi connectivity index (χ4v) is 3.18. The van der Waals surface area contributed by atoms with Crippen molar-refractivity contribution in [2.45, 2.75) is 13.0 Å². The molecule has 1 saturated heterocycles. The quantitative estimate of drug-likeness (QED) is 0.846. The summed E-state index contributed by atoms with van der Waals surface area (Å²) < 4.78 is 0.964. The third kappa shape index (κ3) is 3.74. The van der Waals surface area contributed by atoms with Crippen LogP contribution in [-0.2, 0) is 0 Å². The zero-order valence-electron chi connectivity index (χ0n) is 12.8. The van der Waals surface area contributed by atoms with Crippen LogP contribution in [0.1, 0.15) is 27.5 Å². The lowest BCUT2D eigenvalue weighted by Gasteiger charge is -2.36. The number of hydrogen-bond donors (Lipinski definition) is 1.